The minimum absolute atomic E-state index is 0. The molecule has 2 aromatic carbocycles. The Morgan fingerprint density at radius 2 is 1.84 bits per heavy atom. The first-order chi connectivity index (χ1) is 14.5. The third-order valence-electron chi connectivity index (χ3n) is 6.03. The summed E-state index contributed by atoms with van der Waals surface area (Å²) in [5, 5.41) is 25.1. The molecule has 160 valence electrons. The molecule has 2 aromatic heterocycles. The second kappa shape index (κ2) is 8.29. The zero-order valence-corrected chi connectivity index (χ0v) is 18.7. The lowest BCUT2D eigenvalue weighted by atomic mass is 9.95. The predicted molar refractivity (Wildman–Crippen MR) is 126 cm³/mol. The zero-order chi connectivity index (χ0) is 20.8. The molecule has 1 aliphatic heterocycles. The van der Waals surface area contributed by atoms with Crippen molar-refractivity contribution in [3.8, 4) is 28.1 Å². The number of rotatable bonds is 4. The van der Waals surface area contributed by atoms with E-state index in [0.717, 1.165) is 52.9 Å². The molecule has 7 heteroatoms. The Hall–Kier alpha value is -2.96. The first-order valence-corrected chi connectivity index (χ1v) is 10.4. The summed E-state index contributed by atoms with van der Waals surface area (Å²) in [6.45, 7) is 7.41. The van der Waals surface area contributed by atoms with Crippen LogP contribution in [0.4, 0.5) is 0 Å². The summed E-state index contributed by atoms with van der Waals surface area (Å²) >= 11 is 0. The number of phenolic OH excluding ortho intramolecular Hbond substituents is 1. The molecule has 0 unspecified atom stereocenters. The van der Waals surface area contributed by atoms with Crippen LogP contribution in [0.1, 0.15) is 24.1 Å². The summed E-state index contributed by atoms with van der Waals surface area (Å²) in [5.41, 5.74) is 6.55. The summed E-state index contributed by atoms with van der Waals surface area (Å²) in [6, 6.07) is 13.9. The monoisotopic (exact) mass is 435 g/mol. The van der Waals surface area contributed by atoms with Gasteiger partial charge in [-0.05, 0) is 66.6 Å². The Morgan fingerprint density at radius 1 is 1.03 bits per heavy atom. The molecule has 3 heterocycles. The number of benzene rings is 2. The summed E-state index contributed by atoms with van der Waals surface area (Å²) < 4.78 is 1.83. The van der Waals surface area contributed by atoms with E-state index >= 15 is 0 Å². The van der Waals surface area contributed by atoms with Gasteiger partial charge in [0, 0.05) is 43.2 Å². The van der Waals surface area contributed by atoms with Gasteiger partial charge in [-0.2, -0.15) is 15.3 Å². The van der Waals surface area contributed by atoms with Gasteiger partial charge < -0.3 is 10.0 Å². The molecule has 5 rings (SSSR count). The van der Waals surface area contributed by atoms with Gasteiger partial charge in [-0.15, -0.1) is 12.4 Å². The van der Waals surface area contributed by atoms with Crippen molar-refractivity contribution in [2.45, 2.75) is 19.8 Å². The largest absolute Gasteiger partial charge is 0.507 e. The smallest absolute Gasteiger partial charge is 0.125 e. The highest BCUT2D eigenvalue weighted by Gasteiger charge is 2.28. The average molecular weight is 436 g/mol. The SMILES string of the molecule is CCN1CC(c2ccc(-c3ccc(-c4cc(C)c5nn(C)cc5c4)cc3O)nn2)C1.Cl. The Kier molecular flexibility index (Phi) is 5.69. The number of aryl methyl sites for hydroxylation is 2. The lowest BCUT2D eigenvalue weighted by Gasteiger charge is -2.37. The number of likely N-dealkylation sites (N-methyl/N-ethyl adjacent to an activating group) is 1. The average Bonchev–Trinajstić information content (AvgIpc) is 3.09. The third-order valence-corrected chi connectivity index (χ3v) is 6.03. The minimum atomic E-state index is 0. The van der Waals surface area contributed by atoms with Gasteiger partial charge in [0.05, 0.1) is 16.9 Å². The van der Waals surface area contributed by atoms with Crippen molar-refractivity contribution in [1.82, 2.24) is 24.9 Å². The molecule has 0 aliphatic carbocycles. The normalized spacial score (nSPS) is 14.4. The number of hydrogen-bond acceptors (Lipinski definition) is 5. The van der Waals surface area contributed by atoms with Gasteiger partial charge in [0.15, 0.2) is 0 Å². The molecular formula is C24H26ClN5O. The van der Waals surface area contributed by atoms with Crippen molar-refractivity contribution in [2.24, 2.45) is 7.05 Å². The van der Waals surface area contributed by atoms with E-state index in [0.29, 0.717) is 17.2 Å². The first kappa shape index (κ1) is 21.3. The maximum Gasteiger partial charge on any atom is 0.125 e. The molecule has 1 N–H and O–H groups in total. The standard InChI is InChI=1S/C24H25N5O.ClH/c1-4-29-13-19(14-29)21-7-8-22(26-25-21)20-6-5-16(11-23(20)30)17-9-15(2)24-18(10-17)12-28(3)27-24;/h5-12,19,30H,4,13-14H2,1-3H3;1H. The molecule has 6 nitrogen and oxygen atoms in total. The third kappa shape index (κ3) is 3.89. The highest BCUT2D eigenvalue weighted by atomic mass is 35.5. The first-order valence-electron chi connectivity index (χ1n) is 10.4. The van der Waals surface area contributed by atoms with E-state index in [2.05, 4.69) is 46.2 Å². The van der Waals surface area contributed by atoms with Crippen LogP contribution in [0.15, 0.2) is 48.7 Å². The van der Waals surface area contributed by atoms with Crippen LogP contribution in [0.25, 0.3) is 33.3 Å². The molecule has 1 saturated heterocycles. The Labute approximate surface area is 187 Å². The quantitative estimate of drug-likeness (QED) is 0.509. The molecule has 1 fully saturated rings. The van der Waals surface area contributed by atoms with E-state index in [1.54, 1.807) is 6.07 Å². The summed E-state index contributed by atoms with van der Waals surface area (Å²) in [5.74, 6) is 0.674. The summed E-state index contributed by atoms with van der Waals surface area (Å²) in [4.78, 5) is 2.38. The fourth-order valence-corrected chi connectivity index (χ4v) is 4.24. The number of nitrogens with zero attached hydrogens (tertiary/aromatic N) is 5. The maximum atomic E-state index is 10.7. The fraction of sp³-hybridized carbons (Fsp3) is 0.292. The van der Waals surface area contributed by atoms with Crippen molar-refractivity contribution in [3.63, 3.8) is 0 Å². The zero-order valence-electron chi connectivity index (χ0n) is 17.9. The Bertz CT molecular complexity index is 1230. The van der Waals surface area contributed by atoms with Crippen LogP contribution in [0.3, 0.4) is 0 Å². The number of fused-ring (bicyclic) bond motifs is 1. The van der Waals surface area contributed by atoms with Crippen LogP contribution in [0, 0.1) is 6.92 Å². The maximum absolute atomic E-state index is 10.7. The van der Waals surface area contributed by atoms with E-state index in [1.165, 1.54) is 0 Å². The molecule has 1 aliphatic rings. The molecule has 0 amide bonds. The van der Waals surface area contributed by atoms with Crippen LogP contribution < -0.4 is 0 Å². The highest BCUT2D eigenvalue weighted by molar-refractivity contribution is 5.87. The van der Waals surface area contributed by atoms with Gasteiger partial charge in [0.2, 0.25) is 0 Å². The van der Waals surface area contributed by atoms with Gasteiger partial charge in [-0.3, -0.25) is 4.68 Å². The number of aromatic hydroxyl groups is 1. The van der Waals surface area contributed by atoms with Crippen molar-refractivity contribution in [3.05, 3.63) is 59.9 Å². The molecule has 0 radical (unpaired) electrons. The predicted octanol–water partition coefficient (Wildman–Crippen LogP) is 4.55. The van der Waals surface area contributed by atoms with E-state index in [-0.39, 0.29) is 18.2 Å². The molecule has 4 aromatic rings. The second-order valence-corrected chi connectivity index (χ2v) is 8.16. The topological polar surface area (TPSA) is 67.1 Å². The molecule has 31 heavy (non-hydrogen) atoms. The number of phenols is 1. The van der Waals surface area contributed by atoms with E-state index in [1.807, 2.05) is 42.2 Å². The Morgan fingerprint density at radius 3 is 2.52 bits per heavy atom. The number of hydrogen-bond donors (Lipinski definition) is 1. The second-order valence-electron chi connectivity index (χ2n) is 8.16. The molecule has 0 saturated carbocycles. The fourth-order valence-electron chi connectivity index (χ4n) is 4.24. The van der Waals surface area contributed by atoms with Crippen LogP contribution >= 0.6 is 12.4 Å². The Balaban J connectivity index is 0.00000231. The van der Waals surface area contributed by atoms with Gasteiger partial charge in [-0.25, -0.2) is 0 Å². The van der Waals surface area contributed by atoms with E-state index in [9.17, 15) is 5.11 Å². The lowest BCUT2D eigenvalue weighted by molar-refractivity contribution is 0.154. The number of halogens is 1. The van der Waals surface area contributed by atoms with E-state index < -0.39 is 0 Å². The molecule has 0 atom stereocenters. The van der Waals surface area contributed by atoms with E-state index in [4.69, 9.17) is 0 Å². The lowest BCUT2D eigenvalue weighted by Crippen LogP contribution is -2.44. The summed E-state index contributed by atoms with van der Waals surface area (Å²) in [6.07, 6.45) is 2.01. The van der Waals surface area contributed by atoms with Crippen LogP contribution in [-0.4, -0.2) is 49.6 Å². The van der Waals surface area contributed by atoms with Gasteiger partial charge in [0.1, 0.15) is 5.75 Å². The molecule has 0 spiro atoms. The highest BCUT2D eigenvalue weighted by Crippen LogP contribution is 2.34. The minimum Gasteiger partial charge on any atom is -0.507 e. The van der Waals surface area contributed by atoms with Crippen LogP contribution in [0.2, 0.25) is 0 Å². The van der Waals surface area contributed by atoms with Gasteiger partial charge >= 0.3 is 0 Å². The van der Waals surface area contributed by atoms with Crippen molar-refractivity contribution >= 4 is 23.3 Å². The number of likely N-dealkylation sites (tertiary alicyclic amines) is 1. The van der Waals surface area contributed by atoms with Crippen molar-refractivity contribution in [2.75, 3.05) is 19.6 Å². The molecule has 0 bridgehead atoms. The summed E-state index contributed by atoms with van der Waals surface area (Å²) in [7, 11) is 1.93. The molecular weight excluding hydrogens is 410 g/mol. The number of aromatic nitrogens is 4. The van der Waals surface area contributed by atoms with Crippen molar-refractivity contribution in [1.29, 1.82) is 0 Å². The van der Waals surface area contributed by atoms with Crippen molar-refractivity contribution < 1.29 is 5.11 Å². The van der Waals surface area contributed by atoms with Gasteiger partial charge in [0.25, 0.3) is 0 Å². The van der Waals surface area contributed by atoms with Gasteiger partial charge in [-0.1, -0.05) is 13.0 Å². The van der Waals surface area contributed by atoms with Crippen LogP contribution in [-0.2, 0) is 7.05 Å². The van der Waals surface area contributed by atoms with Crippen LogP contribution in [0.5, 0.6) is 5.75 Å².